The molecule has 3 fully saturated rings. The van der Waals surface area contributed by atoms with Gasteiger partial charge in [-0.2, -0.15) is 0 Å². The van der Waals surface area contributed by atoms with Crippen molar-refractivity contribution in [2.75, 3.05) is 39.5 Å². The molecule has 0 aromatic carbocycles. The molecule has 4 nitrogen and oxygen atoms in total. The van der Waals surface area contributed by atoms with Crippen LogP contribution in [-0.4, -0.2) is 51.6 Å². The van der Waals surface area contributed by atoms with E-state index in [2.05, 4.69) is 45.3 Å². The van der Waals surface area contributed by atoms with Gasteiger partial charge in [0.05, 0.1) is 6.10 Å². The smallest absolute Gasteiger partial charge is 0.0628 e. The highest BCUT2D eigenvalue weighted by Crippen LogP contribution is 2.46. The summed E-state index contributed by atoms with van der Waals surface area (Å²) >= 11 is 0. The Morgan fingerprint density at radius 1 is 0.800 bits per heavy atom. The van der Waals surface area contributed by atoms with Crippen molar-refractivity contribution in [2.45, 2.75) is 105 Å². The van der Waals surface area contributed by atoms with Crippen LogP contribution < -0.4 is 10.6 Å². The van der Waals surface area contributed by atoms with E-state index in [1.165, 1.54) is 57.8 Å². The first kappa shape index (κ1) is 24.5. The van der Waals surface area contributed by atoms with E-state index < -0.39 is 0 Å². The van der Waals surface area contributed by atoms with Crippen molar-refractivity contribution in [2.24, 2.45) is 22.2 Å². The molecule has 4 heteroatoms. The van der Waals surface area contributed by atoms with E-state index in [9.17, 15) is 0 Å². The molecule has 3 rings (SSSR count). The van der Waals surface area contributed by atoms with Crippen LogP contribution in [0.25, 0.3) is 0 Å². The van der Waals surface area contributed by atoms with Crippen molar-refractivity contribution in [3.63, 3.8) is 0 Å². The van der Waals surface area contributed by atoms with Gasteiger partial charge in [0, 0.05) is 45.5 Å². The number of rotatable bonds is 9. The molecule has 0 amide bonds. The molecular weight excluding hydrogens is 372 g/mol. The Bertz CT molecular complexity index is 467. The number of piperazine rings is 1. The maximum absolute atomic E-state index is 6.41. The van der Waals surface area contributed by atoms with E-state index in [0.29, 0.717) is 28.9 Å². The van der Waals surface area contributed by atoms with Crippen molar-refractivity contribution in [3.8, 4) is 0 Å². The van der Waals surface area contributed by atoms with Crippen LogP contribution in [0.15, 0.2) is 0 Å². The molecule has 176 valence electrons. The first-order chi connectivity index (χ1) is 14.2. The van der Waals surface area contributed by atoms with Gasteiger partial charge in [0.1, 0.15) is 0 Å². The summed E-state index contributed by atoms with van der Waals surface area (Å²) in [5.41, 5.74) is 0.920. The van der Waals surface area contributed by atoms with Crippen LogP contribution >= 0.6 is 0 Å². The third kappa shape index (κ3) is 6.43. The normalized spacial score (nSPS) is 31.3. The number of hydrogen-bond acceptors (Lipinski definition) is 4. The summed E-state index contributed by atoms with van der Waals surface area (Å²) in [6.07, 6.45) is 11.9. The van der Waals surface area contributed by atoms with Crippen LogP contribution in [0.1, 0.15) is 92.4 Å². The Balaban J connectivity index is 1.64. The van der Waals surface area contributed by atoms with Gasteiger partial charge in [-0.05, 0) is 80.0 Å². The third-order valence-corrected chi connectivity index (χ3v) is 8.89. The monoisotopic (exact) mass is 422 g/mol. The predicted molar refractivity (Wildman–Crippen MR) is 126 cm³/mol. The predicted octanol–water partition coefficient (Wildman–Crippen LogP) is 5.16. The fourth-order valence-electron chi connectivity index (χ4n) is 5.89. The zero-order valence-corrected chi connectivity index (χ0v) is 20.7. The van der Waals surface area contributed by atoms with Gasteiger partial charge in [0.25, 0.3) is 0 Å². The summed E-state index contributed by atoms with van der Waals surface area (Å²) < 4.78 is 12.3. The Labute approximate surface area is 186 Å². The molecule has 3 aliphatic rings. The van der Waals surface area contributed by atoms with Gasteiger partial charge in [-0.15, -0.1) is 0 Å². The zero-order valence-electron chi connectivity index (χ0n) is 20.7. The summed E-state index contributed by atoms with van der Waals surface area (Å²) in [4.78, 5) is 0. The molecule has 3 heterocycles. The molecule has 0 aromatic heterocycles. The molecule has 0 radical (unpaired) electrons. The zero-order chi connectivity index (χ0) is 21.7. The van der Waals surface area contributed by atoms with Gasteiger partial charge >= 0.3 is 0 Å². The maximum Gasteiger partial charge on any atom is 0.0628 e. The quantitative estimate of drug-likeness (QED) is 0.538. The molecule has 0 spiro atoms. The third-order valence-electron chi connectivity index (χ3n) is 8.89. The molecule has 4 atom stereocenters. The Kier molecular flexibility index (Phi) is 8.68. The lowest BCUT2D eigenvalue weighted by molar-refractivity contribution is -0.0806. The van der Waals surface area contributed by atoms with E-state index in [1.54, 1.807) is 0 Å². The van der Waals surface area contributed by atoms with E-state index in [4.69, 9.17) is 9.47 Å². The highest BCUT2D eigenvalue weighted by Gasteiger charge is 2.41. The Morgan fingerprint density at radius 2 is 1.57 bits per heavy atom. The van der Waals surface area contributed by atoms with Crippen molar-refractivity contribution >= 4 is 0 Å². The fraction of sp³-hybridized carbons (Fsp3) is 1.00. The minimum atomic E-state index is 0.270. The first-order valence-electron chi connectivity index (χ1n) is 12.9. The number of ether oxygens (including phenoxy) is 2. The van der Waals surface area contributed by atoms with Gasteiger partial charge in [-0.1, -0.05) is 34.6 Å². The first-order valence-corrected chi connectivity index (χ1v) is 12.9. The molecule has 0 saturated carbocycles. The molecule has 30 heavy (non-hydrogen) atoms. The molecule has 0 aliphatic carbocycles. The highest BCUT2D eigenvalue weighted by molar-refractivity contribution is 4.94. The summed E-state index contributed by atoms with van der Waals surface area (Å²) in [6.45, 7) is 18.6. The highest BCUT2D eigenvalue weighted by atomic mass is 16.5. The largest absolute Gasteiger partial charge is 0.381 e. The minimum absolute atomic E-state index is 0.270. The SMILES string of the molecule is CC(C)(CCC(C)(CCC(C)(C)C1CNCCN1)C1CCCCO1)C1CCCOC1. The second-order valence-electron chi connectivity index (χ2n) is 12.1. The van der Waals surface area contributed by atoms with Crippen LogP contribution in [0.2, 0.25) is 0 Å². The van der Waals surface area contributed by atoms with Gasteiger partial charge in [-0.3, -0.25) is 0 Å². The van der Waals surface area contributed by atoms with E-state index in [-0.39, 0.29) is 5.41 Å². The van der Waals surface area contributed by atoms with Crippen molar-refractivity contribution < 1.29 is 9.47 Å². The standard InChI is InChI=1S/C26H50N2O2/c1-24(2,21-9-8-17-29-20-21)11-13-26(5,23-10-6-7-18-30-23)14-12-25(3,4)22-19-27-15-16-28-22/h21-23,27-28H,6-20H2,1-5H3. The molecule has 4 unspecified atom stereocenters. The Hall–Kier alpha value is -0.160. The average molecular weight is 423 g/mol. The van der Waals surface area contributed by atoms with Gasteiger partial charge < -0.3 is 20.1 Å². The van der Waals surface area contributed by atoms with E-state index >= 15 is 0 Å². The van der Waals surface area contributed by atoms with Crippen molar-refractivity contribution in [3.05, 3.63) is 0 Å². The second-order valence-corrected chi connectivity index (χ2v) is 12.1. The molecule has 3 aliphatic heterocycles. The number of hydrogen-bond donors (Lipinski definition) is 2. The number of nitrogens with one attached hydrogen (secondary N) is 2. The molecule has 0 aromatic rings. The van der Waals surface area contributed by atoms with Crippen LogP contribution in [0.3, 0.4) is 0 Å². The Morgan fingerprint density at radius 3 is 2.17 bits per heavy atom. The van der Waals surface area contributed by atoms with E-state index in [1.807, 2.05) is 0 Å². The second kappa shape index (κ2) is 10.6. The molecule has 3 saturated heterocycles. The van der Waals surface area contributed by atoms with Crippen molar-refractivity contribution in [1.82, 2.24) is 10.6 Å². The van der Waals surface area contributed by atoms with Crippen LogP contribution in [-0.2, 0) is 9.47 Å². The van der Waals surface area contributed by atoms with Crippen LogP contribution in [0, 0.1) is 22.2 Å². The lowest BCUT2D eigenvalue weighted by Gasteiger charge is -2.46. The van der Waals surface area contributed by atoms with E-state index in [0.717, 1.165) is 39.5 Å². The maximum atomic E-state index is 6.41. The van der Waals surface area contributed by atoms with Crippen LogP contribution in [0.4, 0.5) is 0 Å². The minimum Gasteiger partial charge on any atom is -0.381 e. The van der Waals surface area contributed by atoms with Crippen LogP contribution in [0.5, 0.6) is 0 Å². The molecule has 2 N–H and O–H groups in total. The lowest BCUT2D eigenvalue weighted by Crippen LogP contribution is -2.55. The average Bonchev–Trinajstić information content (AvgIpc) is 2.78. The van der Waals surface area contributed by atoms with Gasteiger partial charge in [0.2, 0.25) is 0 Å². The van der Waals surface area contributed by atoms with Crippen molar-refractivity contribution in [1.29, 1.82) is 0 Å². The summed E-state index contributed by atoms with van der Waals surface area (Å²) in [5, 5.41) is 7.35. The molecule has 0 bridgehead atoms. The summed E-state index contributed by atoms with van der Waals surface area (Å²) in [5.74, 6) is 0.705. The summed E-state index contributed by atoms with van der Waals surface area (Å²) in [6, 6.07) is 0.568. The van der Waals surface area contributed by atoms with Gasteiger partial charge in [-0.25, -0.2) is 0 Å². The fourth-order valence-corrected chi connectivity index (χ4v) is 5.89. The molecular formula is C26H50N2O2. The summed E-state index contributed by atoms with van der Waals surface area (Å²) in [7, 11) is 0. The topological polar surface area (TPSA) is 42.5 Å². The lowest BCUT2D eigenvalue weighted by atomic mass is 9.65. The van der Waals surface area contributed by atoms with Gasteiger partial charge in [0.15, 0.2) is 0 Å².